The molecule has 1 N–H and O–H groups in total. The van der Waals surface area contributed by atoms with E-state index in [2.05, 4.69) is 24.4 Å². The molecule has 0 aliphatic carbocycles. The third kappa shape index (κ3) is 5.86. The van der Waals surface area contributed by atoms with Gasteiger partial charge in [-0.3, -0.25) is 4.79 Å². The van der Waals surface area contributed by atoms with E-state index in [4.69, 9.17) is 9.47 Å². The lowest BCUT2D eigenvalue weighted by molar-refractivity contribution is -0.122. The molecule has 0 aliphatic rings. The van der Waals surface area contributed by atoms with Crippen LogP contribution in [0.4, 0.5) is 5.69 Å². The largest absolute Gasteiger partial charge is 0.491 e. The highest BCUT2D eigenvalue weighted by Gasteiger charge is 2.18. The van der Waals surface area contributed by atoms with Crippen LogP contribution in [0.15, 0.2) is 78.9 Å². The van der Waals surface area contributed by atoms with Crippen molar-refractivity contribution in [3.63, 3.8) is 0 Å². The molecule has 2 atom stereocenters. The summed E-state index contributed by atoms with van der Waals surface area (Å²) < 4.78 is 11.7. The predicted molar refractivity (Wildman–Crippen MR) is 122 cm³/mol. The van der Waals surface area contributed by atoms with Gasteiger partial charge in [0.15, 0.2) is 6.10 Å². The first-order valence-electron chi connectivity index (χ1n) is 10.5. The zero-order valence-corrected chi connectivity index (χ0v) is 17.8. The monoisotopic (exact) mass is 403 g/mol. The Morgan fingerprint density at radius 2 is 1.33 bits per heavy atom. The molecule has 0 aliphatic heterocycles. The summed E-state index contributed by atoms with van der Waals surface area (Å²) in [5.41, 5.74) is 2.98. The molecule has 1 amide bonds. The maximum Gasteiger partial charge on any atom is 0.265 e. The maximum absolute atomic E-state index is 12.7. The summed E-state index contributed by atoms with van der Waals surface area (Å²) in [5.74, 6) is 1.30. The number of hydrogen-bond donors (Lipinski definition) is 1. The summed E-state index contributed by atoms with van der Waals surface area (Å²) in [6.07, 6.45) is 1.11. The first-order valence-corrected chi connectivity index (χ1v) is 10.5. The predicted octanol–water partition coefficient (Wildman–Crippen LogP) is 6.33. The first-order chi connectivity index (χ1) is 14.6. The van der Waals surface area contributed by atoms with Gasteiger partial charge in [0.2, 0.25) is 0 Å². The van der Waals surface area contributed by atoms with Gasteiger partial charge in [0.05, 0.1) is 6.10 Å². The molecule has 2 unspecified atom stereocenters. The standard InChI is InChI=1S/C26H29NO3/c1-4-19(3)29-23-17-13-22(14-18-23)27-26(28)25(5-2)30-24-15-11-21(12-16-24)20-9-7-6-8-10-20/h6-19,25H,4-5H2,1-3H3,(H,27,28). The van der Waals surface area contributed by atoms with Gasteiger partial charge in [-0.15, -0.1) is 0 Å². The van der Waals surface area contributed by atoms with Crippen molar-refractivity contribution in [2.45, 2.75) is 45.8 Å². The van der Waals surface area contributed by atoms with Crippen molar-refractivity contribution in [3.8, 4) is 22.6 Å². The fraction of sp³-hybridized carbons (Fsp3) is 0.269. The number of carbonyl (C=O) groups excluding carboxylic acids is 1. The molecule has 0 heterocycles. The highest BCUT2D eigenvalue weighted by Crippen LogP contribution is 2.23. The fourth-order valence-corrected chi connectivity index (χ4v) is 3.00. The SMILES string of the molecule is CCC(C)Oc1ccc(NC(=O)C(CC)Oc2ccc(-c3ccccc3)cc2)cc1. The average molecular weight is 404 g/mol. The Morgan fingerprint density at radius 3 is 1.93 bits per heavy atom. The van der Waals surface area contributed by atoms with Crippen molar-refractivity contribution in [1.29, 1.82) is 0 Å². The average Bonchev–Trinajstić information content (AvgIpc) is 2.79. The molecule has 3 aromatic carbocycles. The zero-order valence-electron chi connectivity index (χ0n) is 17.8. The Hall–Kier alpha value is -3.27. The second-order valence-electron chi connectivity index (χ2n) is 7.26. The van der Waals surface area contributed by atoms with Gasteiger partial charge in [-0.05, 0) is 67.3 Å². The molecule has 0 spiro atoms. The lowest BCUT2D eigenvalue weighted by Gasteiger charge is -2.18. The second-order valence-corrected chi connectivity index (χ2v) is 7.26. The number of carbonyl (C=O) groups is 1. The van der Waals surface area contributed by atoms with E-state index in [0.29, 0.717) is 12.2 Å². The quantitative estimate of drug-likeness (QED) is 0.454. The molecule has 156 valence electrons. The number of benzene rings is 3. The molecule has 0 saturated heterocycles. The Balaban J connectivity index is 1.59. The summed E-state index contributed by atoms with van der Waals surface area (Å²) in [6.45, 7) is 6.05. The molecule has 0 bridgehead atoms. The van der Waals surface area contributed by atoms with Crippen molar-refractivity contribution in [2.24, 2.45) is 0 Å². The van der Waals surface area contributed by atoms with Gasteiger partial charge in [-0.1, -0.05) is 56.3 Å². The van der Waals surface area contributed by atoms with E-state index in [9.17, 15) is 4.79 Å². The molecule has 4 nitrogen and oxygen atoms in total. The third-order valence-electron chi connectivity index (χ3n) is 4.94. The van der Waals surface area contributed by atoms with Gasteiger partial charge in [-0.2, -0.15) is 0 Å². The van der Waals surface area contributed by atoms with Crippen LogP contribution >= 0.6 is 0 Å². The lowest BCUT2D eigenvalue weighted by atomic mass is 10.1. The minimum atomic E-state index is -0.566. The van der Waals surface area contributed by atoms with Crippen LogP contribution < -0.4 is 14.8 Å². The van der Waals surface area contributed by atoms with E-state index in [1.807, 2.05) is 80.6 Å². The Labute approximate surface area is 178 Å². The molecular weight excluding hydrogens is 374 g/mol. The van der Waals surface area contributed by atoms with Gasteiger partial charge in [0.1, 0.15) is 11.5 Å². The Bertz CT molecular complexity index is 921. The van der Waals surface area contributed by atoms with Crippen LogP contribution in [0.3, 0.4) is 0 Å². The summed E-state index contributed by atoms with van der Waals surface area (Å²) in [5, 5.41) is 2.93. The van der Waals surface area contributed by atoms with Crippen LogP contribution in [0.2, 0.25) is 0 Å². The summed E-state index contributed by atoms with van der Waals surface area (Å²) in [7, 11) is 0. The van der Waals surface area contributed by atoms with E-state index in [1.54, 1.807) is 0 Å². The topological polar surface area (TPSA) is 47.6 Å². The number of ether oxygens (including phenoxy) is 2. The van der Waals surface area contributed by atoms with Crippen LogP contribution in [-0.2, 0) is 4.79 Å². The Morgan fingerprint density at radius 1 is 0.767 bits per heavy atom. The number of nitrogens with one attached hydrogen (secondary N) is 1. The van der Waals surface area contributed by atoms with Crippen LogP contribution in [0, 0.1) is 0 Å². The first kappa shape index (κ1) is 21.4. The van der Waals surface area contributed by atoms with Crippen molar-refractivity contribution >= 4 is 11.6 Å². The van der Waals surface area contributed by atoms with Crippen LogP contribution in [-0.4, -0.2) is 18.1 Å². The van der Waals surface area contributed by atoms with Gasteiger partial charge in [-0.25, -0.2) is 0 Å². The highest BCUT2D eigenvalue weighted by molar-refractivity contribution is 5.94. The van der Waals surface area contributed by atoms with Crippen molar-refractivity contribution in [3.05, 3.63) is 78.9 Å². The van der Waals surface area contributed by atoms with E-state index in [-0.39, 0.29) is 12.0 Å². The van der Waals surface area contributed by atoms with E-state index >= 15 is 0 Å². The minimum Gasteiger partial charge on any atom is -0.491 e. The number of hydrogen-bond acceptors (Lipinski definition) is 3. The van der Waals surface area contributed by atoms with Gasteiger partial charge in [0, 0.05) is 5.69 Å². The summed E-state index contributed by atoms with van der Waals surface area (Å²) in [4.78, 5) is 12.7. The van der Waals surface area contributed by atoms with Crippen molar-refractivity contribution < 1.29 is 14.3 Å². The molecule has 0 radical (unpaired) electrons. The summed E-state index contributed by atoms with van der Waals surface area (Å²) >= 11 is 0. The van der Waals surface area contributed by atoms with Crippen molar-refractivity contribution in [1.82, 2.24) is 0 Å². The van der Waals surface area contributed by atoms with Crippen LogP contribution in [0.25, 0.3) is 11.1 Å². The molecule has 30 heavy (non-hydrogen) atoms. The molecule has 3 aromatic rings. The van der Waals surface area contributed by atoms with E-state index in [1.165, 1.54) is 0 Å². The molecule has 3 rings (SSSR count). The maximum atomic E-state index is 12.7. The zero-order chi connectivity index (χ0) is 21.3. The molecule has 0 fully saturated rings. The van der Waals surface area contributed by atoms with E-state index in [0.717, 1.165) is 29.0 Å². The summed E-state index contributed by atoms with van der Waals surface area (Å²) in [6, 6.07) is 25.4. The number of amides is 1. The molecule has 0 aromatic heterocycles. The third-order valence-corrected chi connectivity index (χ3v) is 4.94. The number of anilines is 1. The fourth-order valence-electron chi connectivity index (χ4n) is 3.00. The van der Waals surface area contributed by atoms with Gasteiger partial charge < -0.3 is 14.8 Å². The molecular formula is C26H29NO3. The molecule has 4 heteroatoms. The normalized spacial score (nSPS) is 12.6. The highest BCUT2D eigenvalue weighted by atomic mass is 16.5. The van der Waals surface area contributed by atoms with Gasteiger partial charge in [0.25, 0.3) is 5.91 Å². The molecule has 0 saturated carbocycles. The van der Waals surface area contributed by atoms with Crippen LogP contribution in [0.5, 0.6) is 11.5 Å². The second kappa shape index (κ2) is 10.5. The van der Waals surface area contributed by atoms with Crippen LogP contribution in [0.1, 0.15) is 33.6 Å². The van der Waals surface area contributed by atoms with Gasteiger partial charge >= 0.3 is 0 Å². The minimum absolute atomic E-state index is 0.164. The Kier molecular flexibility index (Phi) is 7.50. The van der Waals surface area contributed by atoms with Crippen molar-refractivity contribution in [2.75, 3.05) is 5.32 Å². The van der Waals surface area contributed by atoms with E-state index < -0.39 is 6.10 Å². The lowest BCUT2D eigenvalue weighted by Crippen LogP contribution is -2.32. The number of rotatable bonds is 9. The smallest absolute Gasteiger partial charge is 0.265 e.